The lowest BCUT2D eigenvalue weighted by atomic mass is 9.65. The van der Waals surface area contributed by atoms with Crippen LogP contribution in [0, 0.1) is 17.3 Å². The van der Waals surface area contributed by atoms with E-state index in [0.717, 1.165) is 60.8 Å². The van der Waals surface area contributed by atoms with Gasteiger partial charge in [0.15, 0.2) is 0 Å². The number of carbonyl (C=O) groups is 1. The molecule has 1 unspecified atom stereocenters. The van der Waals surface area contributed by atoms with Crippen molar-refractivity contribution in [3.05, 3.63) is 44.5 Å². The van der Waals surface area contributed by atoms with Gasteiger partial charge in [0.05, 0.1) is 15.9 Å². The molecule has 0 amide bonds. The molecule has 2 saturated heterocycles. The Morgan fingerprint density at radius 1 is 1.25 bits per heavy atom. The number of hydrogen-bond acceptors (Lipinski definition) is 6. The molecular formula is C26H32BrCl2N5O2. The van der Waals surface area contributed by atoms with Crippen LogP contribution in [-0.2, 0) is 4.79 Å². The fourth-order valence-electron chi connectivity index (χ4n) is 5.89. The van der Waals surface area contributed by atoms with E-state index in [9.17, 15) is 9.90 Å². The number of benzene rings is 1. The molecule has 2 N–H and O–H groups in total. The van der Waals surface area contributed by atoms with Crippen molar-refractivity contribution >= 4 is 56.9 Å². The molecule has 3 heterocycles. The molecule has 1 saturated carbocycles. The fraction of sp³-hybridized carbons (Fsp3) is 0.577. The van der Waals surface area contributed by atoms with Crippen molar-refractivity contribution in [3.8, 4) is 0 Å². The maximum atomic E-state index is 11.5. The van der Waals surface area contributed by atoms with Crippen molar-refractivity contribution in [3.63, 3.8) is 0 Å². The summed E-state index contributed by atoms with van der Waals surface area (Å²) < 4.78 is 0.803. The highest BCUT2D eigenvalue weighted by Crippen LogP contribution is 2.45. The van der Waals surface area contributed by atoms with Crippen molar-refractivity contribution in [2.45, 2.75) is 51.6 Å². The minimum atomic E-state index is -0.657. The average molecular weight is 597 g/mol. The molecule has 1 aliphatic carbocycles. The van der Waals surface area contributed by atoms with E-state index in [4.69, 9.17) is 28.2 Å². The van der Waals surface area contributed by atoms with E-state index in [1.807, 2.05) is 26.0 Å². The number of nitrogens with one attached hydrogen (secondary N) is 1. The van der Waals surface area contributed by atoms with Crippen molar-refractivity contribution in [1.29, 1.82) is 0 Å². The third-order valence-electron chi connectivity index (χ3n) is 8.27. The lowest BCUT2D eigenvalue weighted by molar-refractivity contribution is -0.158. The van der Waals surface area contributed by atoms with E-state index in [0.29, 0.717) is 27.9 Å². The summed E-state index contributed by atoms with van der Waals surface area (Å²) in [6.07, 6.45) is 5.77. The molecule has 194 valence electrons. The second kappa shape index (κ2) is 10.3. The van der Waals surface area contributed by atoms with Crippen LogP contribution < -0.4 is 10.2 Å². The number of aliphatic carboxylic acids is 1. The first kappa shape index (κ1) is 26.0. The summed E-state index contributed by atoms with van der Waals surface area (Å²) in [5, 5.41) is 14.1. The number of likely N-dealkylation sites (tertiary alicyclic amines) is 1. The first-order valence-electron chi connectivity index (χ1n) is 12.6. The van der Waals surface area contributed by atoms with E-state index >= 15 is 0 Å². The van der Waals surface area contributed by atoms with Crippen LogP contribution in [0.2, 0.25) is 10.0 Å². The number of anilines is 2. The van der Waals surface area contributed by atoms with Crippen LogP contribution in [0.15, 0.2) is 28.9 Å². The van der Waals surface area contributed by atoms with Gasteiger partial charge in [0.1, 0.15) is 5.82 Å². The SMILES string of the molecule is C[C@@H](Nc1nc(N2CC(C3CCCN(C4CC(C)(C(=O)O)C4)C3)C2)ncc1Br)c1ccc(Cl)cc1Cl. The number of piperidine rings is 1. The smallest absolute Gasteiger partial charge is 0.309 e. The van der Waals surface area contributed by atoms with Gasteiger partial charge in [-0.2, -0.15) is 4.98 Å². The first-order valence-corrected chi connectivity index (χ1v) is 14.1. The summed E-state index contributed by atoms with van der Waals surface area (Å²) in [5.41, 5.74) is 0.417. The number of carboxylic acid groups (broad SMARTS) is 1. The summed E-state index contributed by atoms with van der Waals surface area (Å²) in [6.45, 7) is 7.99. The molecular weight excluding hydrogens is 565 g/mol. The van der Waals surface area contributed by atoms with Gasteiger partial charge in [0.25, 0.3) is 0 Å². The Bertz CT molecular complexity index is 1140. The number of hydrogen-bond donors (Lipinski definition) is 2. The second-order valence-corrected chi connectivity index (χ2v) is 12.6. The van der Waals surface area contributed by atoms with Crippen LogP contribution >= 0.6 is 39.1 Å². The second-order valence-electron chi connectivity index (χ2n) is 10.9. The maximum Gasteiger partial charge on any atom is 0.309 e. The highest BCUT2D eigenvalue weighted by molar-refractivity contribution is 9.10. The van der Waals surface area contributed by atoms with Gasteiger partial charge >= 0.3 is 5.97 Å². The number of halogens is 3. The Balaban J connectivity index is 1.17. The minimum absolute atomic E-state index is 0.0549. The van der Waals surface area contributed by atoms with E-state index in [-0.39, 0.29) is 6.04 Å². The van der Waals surface area contributed by atoms with Gasteiger partial charge in [0, 0.05) is 41.9 Å². The Labute approximate surface area is 230 Å². The summed E-state index contributed by atoms with van der Waals surface area (Å²) in [4.78, 5) is 25.6. The van der Waals surface area contributed by atoms with Crippen molar-refractivity contribution in [2.24, 2.45) is 17.3 Å². The molecule has 2 aromatic rings. The van der Waals surface area contributed by atoms with E-state index in [1.165, 1.54) is 12.8 Å². The topological polar surface area (TPSA) is 81.6 Å². The molecule has 36 heavy (non-hydrogen) atoms. The number of nitrogens with zero attached hydrogens (tertiary/aromatic N) is 4. The maximum absolute atomic E-state index is 11.5. The largest absolute Gasteiger partial charge is 0.481 e. The van der Waals surface area contributed by atoms with Gasteiger partial charge in [-0.1, -0.05) is 29.3 Å². The molecule has 0 spiro atoms. The molecule has 10 heteroatoms. The lowest BCUT2D eigenvalue weighted by Gasteiger charge is -2.52. The summed E-state index contributed by atoms with van der Waals surface area (Å²) >= 11 is 16.0. The quantitative estimate of drug-likeness (QED) is 0.398. The van der Waals surface area contributed by atoms with Crippen LogP contribution in [0.1, 0.15) is 51.1 Å². The molecule has 2 atom stereocenters. The average Bonchev–Trinajstić information content (AvgIpc) is 2.78. The summed E-state index contributed by atoms with van der Waals surface area (Å²) in [6, 6.07) is 5.88. The number of carboxylic acids is 1. The third kappa shape index (κ3) is 5.19. The van der Waals surface area contributed by atoms with Gasteiger partial charge in [-0.25, -0.2) is 4.98 Å². The predicted molar refractivity (Wildman–Crippen MR) is 147 cm³/mol. The standard InChI is InChI=1S/C26H32BrCl2N5O2/c1-15(20-6-5-18(28)8-22(20)29)31-23-21(27)11-30-25(32-23)34-13-17(14-34)16-4-3-7-33(12-16)19-9-26(2,10-19)24(35)36/h5-6,8,11,15-17,19H,3-4,7,9-10,12-14H2,1-2H3,(H,35,36)(H,30,31,32)/t15-,16?,19?,26?/m1/s1. The zero-order valence-electron chi connectivity index (χ0n) is 20.6. The highest BCUT2D eigenvalue weighted by atomic mass is 79.9. The first-order chi connectivity index (χ1) is 17.1. The molecule has 3 fully saturated rings. The molecule has 0 radical (unpaired) electrons. The zero-order valence-corrected chi connectivity index (χ0v) is 23.7. The number of rotatable bonds is 7. The third-order valence-corrected chi connectivity index (χ3v) is 9.41. The lowest BCUT2D eigenvalue weighted by Crippen LogP contribution is -2.58. The van der Waals surface area contributed by atoms with Gasteiger partial charge in [-0.05, 0) is 91.5 Å². The van der Waals surface area contributed by atoms with Crippen LogP contribution in [0.5, 0.6) is 0 Å². The Morgan fingerprint density at radius 3 is 2.69 bits per heavy atom. The molecule has 0 bridgehead atoms. The summed E-state index contributed by atoms with van der Waals surface area (Å²) in [7, 11) is 0. The van der Waals surface area contributed by atoms with Gasteiger partial charge < -0.3 is 20.2 Å². The highest BCUT2D eigenvalue weighted by Gasteiger charge is 2.49. The molecule has 5 rings (SSSR count). The fourth-order valence-corrected chi connectivity index (χ4v) is 6.77. The summed E-state index contributed by atoms with van der Waals surface area (Å²) in [5.74, 6) is 2.07. The van der Waals surface area contributed by atoms with Crippen LogP contribution in [0.3, 0.4) is 0 Å². The van der Waals surface area contributed by atoms with Crippen molar-refractivity contribution in [1.82, 2.24) is 14.9 Å². The zero-order chi connectivity index (χ0) is 25.6. The monoisotopic (exact) mass is 595 g/mol. The van der Waals surface area contributed by atoms with E-state index < -0.39 is 11.4 Å². The Kier molecular flexibility index (Phi) is 7.42. The van der Waals surface area contributed by atoms with Gasteiger partial charge in [-0.15, -0.1) is 0 Å². The Hall–Kier alpha value is -1.61. The van der Waals surface area contributed by atoms with Gasteiger partial charge in [-0.3, -0.25) is 4.79 Å². The predicted octanol–water partition coefficient (Wildman–Crippen LogP) is 6.12. The van der Waals surface area contributed by atoms with E-state index in [1.54, 1.807) is 12.3 Å². The van der Waals surface area contributed by atoms with Crippen LogP contribution in [0.25, 0.3) is 0 Å². The van der Waals surface area contributed by atoms with Crippen LogP contribution in [-0.4, -0.2) is 58.2 Å². The van der Waals surface area contributed by atoms with Crippen molar-refractivity contribution in [2.75, 3.05) is 36.4 Å². The van der Waals surface area contributed by atoms with E-state index in [2.05, 4.69) is 36.0 Å². The molecule has 7 nitrogen and oxygen atoms in total. The normalized spacial score (nSPS) is 27.8. The van der Waals surface area contributed by atoms with Gasteiger partial charge in [0.2, 0.25) is 5.95 Å². The molecule has 1 aromatic carbocycles. The Morgan fingerprint density at radius 2 is 2.00 bits per heavy atom. The molecule has 3 aliphatic rings. The van der Waals surface area contributed by atoms with Crippen molar-refractivity contribution < 1.29 is 9.90 Å². The number of aromatic nitrogens is 2. The minimum Gasteiger partial charge on any atom is -0.481 e. The molecule has 1 aromatic heterocycles. The van der Waals surface area contributed by atoms with Crippen LogP contribution in [0.4, 0.5) is 11.8 Å². The molecule has 2 aliphatic heterocycles.